The highest BCUT2D eigenvalue weighted by molar-refractivity contribution is 14.0. The van der Waals surface area contributed by atoms with Crippen molar-refractivity contribution in [1.29, 1.82) is 0 Å². The Hall–Kier alpha value is -0.770. The lowest BCUT2D eigenvalue weighted by Crippen LogP contribution is -2.43. The molecule has 0 unspecified atom stereocenters. The molecule has 0 aromatic carbocycles. The van der Waals surface area contributed by atoms with Crippen LogP contribution in [-0.2, 0) is 4.74 Å². The van der Waals surface area contributed by atoms with Crippen LogP contribution in [0.1, 0.15) is 60.8 Å². The van der Waals surface area contributed by atoms with E-state index in [1.165, 1.54) is 0 Å². The molecule has 0 heterocycles. The van der Waals surface area contributed by atoms with Crippen LogP contribution >= 0.6 is 24.0 Å². The number of hydrogen-bond donors (Lipinski definition) is 3. The monoisotopic (exact) mass is 500 g/mol. The first-order valence-corrected chi connectivity index (χ1v) is 9.70. The van der Waals surface area contributed by atoms with Crippen molar-refractivity contribution in [3.05, 3.63) is 0 Å². The topological polar surface area (TPSA) is 86.2 Å². The molecular weight excluding hydrogens is 459 g/mol. The molecule has 0 fully saturated rings. The van der Waals surface area contributed by atoms with E-state index < -0.39 is 5.60 Å². The van der Waals surface area contributed by atoms with Gasteiger partial charge in [-0.1, -0.05) is 13.8 Å². The van der Waals surface area contributed by atoms with Crippen LogP contribution in [0.3, 0.4) is 0 Å². The first-order chi connectivity index (χ1) is 12.1. The quantitative estimate of drug-likeness (QED) is 0.244. The highest BCUT2D eigenvalue weighted by Gasteiger charge is 2.25. The van der Waals surface area contributed by atoms with Gasteiger partial charge in [-0.15, -0.1) is 24.0 Å². The Bertz CT molecular complexity index is 435. The number of likely N-dealkylation sites (N-methyl/N-ethyl adjacent to an activating group) is 1. The van der Waals surface area contributed by atoms with Crippen LogP contribution < -0.4 is 10.6 Å². The molecule has 0 rings (SSSR count). The van der Waals surface area contributed by atoms with E-state index in [4.69, 9.17) is 9.73 Å². The number of nitrogens with zero attached hydrogens (tertiary/aromatic N) is 2. The van der Waals surface area contributed by atoms with Crippen molar-refractivity contribution < 1.29 is 14.6 Å². The fraction of sp³-hybridized carbons (Fsp3) is 0.895. The Morgan fingerprint density at radius 1 is 1.15 bits per heavy atom. The maximum absolute atomic E-state index is 12.0. The molecular formula is C19H41IN4O3. The fourth-order valence-corrected chi connectivity index (χ4v) is 2.51. The average molecular weight is 500 g/mol. The van der Waals surface area contributed by atoms with Crippen molar-refractivity contribution in [2.24, 2.45) is 10.4 Å². The zero-order valence-electron chi connectivity index (χ0n) is 18.2. The third-order valence-corrected chi connectivity index (χ3v) is 4.50. The lowest BCUT2D eigenvalue weighted by molar-refractivity contribution is 0.0302. The summed E-state index contributed by atoms with van der Waals surface area (Å²) in [6.45, 7) is 14.6. The number of aliphatic imine (C=N–C) groups is 1. The summed E-state index contributed by atoms with van der Waals surface area (Å²) in [5, 5.41) is 15.8. The van der Waals surface area contributed by atoms with Gasteiger partial charge in [0.25, 0.3) is 0 Å². The molecule has 0 aromatic rings. The van der Waals surface area contributed by atoms with E-state index in [2.05, 4.69) is 24.5 Å². The molecule has 0 saturated heterocycles. The van der Waals surface area contributed by atoms with E-state index in [9.17, 15) is 9.90 Å². The van der Waals surface area contributed by atoms with Gasteiger partial charge in [0.15, 0.2) is 5.96 Å². The molecule has 0 radical (unpaired) electrons. The number of halogens is 1. The molecule has 27 heavy (non-hydrogen) atoms. The predicted octanol–water partition coefficient (Wildman–Crippen LogP) is 3.22. The van der Waals surface area contributed by atoms with E-state index in [0.717, 1.165) is 31.8 Å². The minimum absolute atomic E-state index is 0. The molecule has 8 heteroatoms. The normalized spacial score (nSPS) is 12.2. The lowest BCUT2D eigenvalue weighted by Gasteiger charge is -2.29. The minimum atomic E-state index is -0.495. The molecule has 0 bridgehead atoms. The van der Waals surface area contributed by atoms with Crippen molar-refractivity contribution >= 4 is 36.0 Å². The molecule has 0 aliphatic carbocycles. The van der Waals surface area contributed by atoms with Gasteiger partial charge in [-0.05, 0) is 52.4 Å². The van der Waals surface area contributed by atoms with Crippen LogP contribution in [0.25, 0.3) is 0 Å². The van der Waals surface area contributed by atoms with Crippen LogP contribution in [0.2, 0.25) is 0 Å². The minimum Gasteiger partial charge on any atom is -0.444 e. The fourth-order valence-electron chi connectivity index (χ4n) is 2.51. The standard InChI is InChI=1S/C19H40N4O3.HI/c1-8-19(9-2,11-14-24)15-22-16(20-10-3)21-12-13-23(7)17(25)26-18(4,5)6;/h24H,8-15H2,1-7H3,(H2,20,21,22);1H. The van der Waals surface area contributed by atoms with Gasteiger partial charge in [0.1, 0.15) is 5.60 Å². The van der Waals surface area contributed by atoms with Gasteiger partial charge in [-0.25, -0.2) is 4.79 Å². The van der Waals surface area contributed by atoms with E-state index in [1.807, 2.05) is 27.7 Å². The molecule has 0 saturated carbocycles. The zero-order valence-corrected chi connectivity index (χ0v) is 20.6. The number of guanidine groups is 1. The van der Waals surface area contributed by atoms with Gasteiger partial charge in [0.2, 0.25) is 0 Å². The number of amides is 1. The van der Waals surface area contributed by atoms with Crippen molar-refractivity contribution in [3.8, 4) is 0 Å². The first-order valence-electron chi connectivity index (χ1n) is 9.70. The lowest BCUT2D eigenvalue weighted by atomic mass is 9.79. The number of ether oxygens (including phenoxy) is 1. The van der Waals surface area contributed by atoms with Crippen molar-refractivity contribution in [2.45, 2.75) is 66.4 Å². The summed E-state index contributed by atoms with van der Waals surface area (Å²) in [5.74, 6) is 0.731. The number of aliphatic hydroxyl groups is 1. The molecule has 162 valence electrons. The number of hydrogen-bond acceptors (Lipinski definition) is 4. The average Bonchev–Trinajstić information content (AvgIpc) is 2.56. The largest absolute Gasteiger partial charge is 0.444 e. The maximum Gasteiger partial charge on any atom is 0.410 e. The third-order valence-electron chi connectivity index (χ3n) is 4.50. The van der Waals surface area contributed by atoms with Gasteiger partial charge in [0, 0.05) is 39.8 Å². The van der Waals surface area contributed by atoms with E-state index in [1.54, 1.807) is 11.9 Å². The van der Waals surface area contributed by atoms with Crippen molar-refractivity contribution in [3.63, 3.8) is 0 Å². The zero-order chi connectivity index (χ0) is 20.2. The Labute approximate surface area is 182 Å². The summed E-state index contributed by atoms with van der Waals surface area (Å²) >= 11 is 0. The molecule has 1 amide bonds. The summed E-state index contributed by atoms with van der Waals surface area (Å²) < 4.78 is 5.34. The SMILES string of the molecule is CCNC(=NCC(CC)(CC)CCO)NCCN(C)C(=O)OC(C)(C)C.I. The molecule has 0 atom stereocenters. The van der Waals surface area contributed by atoms with Crippen LogP contribution in [0, 0.1) is 5.41 Å². The van der Waals surface area contributed by atoms with E-state index >= 15 is 0 Å². The number of nitrogens with one attached hydrogen (secondary N) is 2. The number of carbonyl (C=O) groups is 1. The molecule has 0 aliphatic heterocycles. The number of carbonyl (C=O) groups excluding carboxylic acids is 1. The highest BCUT2D eigenvalue weighted by atomic mass is 127. The molecule has 0 aliphatic rings. The summed E-state index contributed by atoms with van der Waals surface area (Å²) in [7, 11) is 1.72. The van der Waals surface area contributed by atoms with Gasteiger partial charge >= 0.3 is 6.09 Å². The summed E-state index contributed by atoms with van der Waals surface area (Å²) in [5.41, 5.74) is -0.462. The van der Waals surface area contributed by atoms with Crippen LogP contribution in [0.15, 0.2) is 4.99 Å². The summed E-state index contributed by atoms with van der Waals surface area (Å²) in [4.78, 5) is 18.2. The van der Waals surface area contributed by atoms with E-state index in [-0.39, 0.29) is 42.1 Å². The molecule has 0 aromatic heterocycles. The molecule has 7 nitrogen and oxygen atoms in total. The first kappa shape index (κ1) is 28.4. The number of aliphatic hydroxyl groups excluding tert-OH is 1. The van der Waals surface area contributed by atoms with Crippen LogP contribution in [-0.4, -0.2) is 67.5 Å². The Morgan fingerprint density at radius 3 is 2.19 bits per heavy atom. The van der Waals surface area contributed by atoms with Crippen molar-refractivity contribution in [2.75, 3.05) is 39.8 Å². The molecule has 3 N–H and O–H groups in total. The maximum atomic E-state index is 12.0. The Morgan fingerprint density at radius 2 is 1.74 bits per heavy atom. The number of rotatable bonds is 10. The second kappa shape index (κ2) is 14.3. The van der Waals surface area contributed by atoms with Crippen LogP contribution in [0.5, 0.6) is 0 Å². The second-order valence-corrected chi connectivity index (χ2v) is 7.70. The van der Waals surface area contributed by atoms with Crippen LogP contribution in [0.4, 0.5) is 4.79 Å². The Balaban J connectivity index is 0. The van der Waals surface area contributed by atoms with Gasteiger partial charge < -0.3 is 25.4 Å². The summed E-state index contributed by atoms with van der Waals surface area (Å²) in [6, 6.07) is 0. The van der Waals surface area contributed by atoms with Gasteiger partial charge in [-0.3, -0.25) is 4.99 Å². The summed E-state index contributed by atoms with van der Waals surface area (Å²) in [6.07, 6.45) is 2.38. The smallest absolute Gasteiger partial charge is 0.410 e. The molecule has 0 spiro atoms. The van der Waals surface area contributed by atoms with Crippen molar-refractivity contribution in [1.82, 2.24) is 15.5 Å². The van der Waals surface area contributed by atoms with E-state index in [0.29, 0.717) is 19.6 Å². The Kier molecular flexibility index (Phi) is 15.0. The van der Waals surface area contributed by atoms with Gasteiger partial charge in [0.05, 0.1) is 0 Å². The second-order valence-electron chi connectivity index (χ2n) is 7.70. The predicted molar refractivity (Wildman–Crippen MR) is 123 cm³/mol. The third kappa shape index (κ3) is 12.3. The van der Waals surface area contributed by atoms with Gasteiger partial charge in [-0.2, -0.15) is 0 Å². The highest BCUT2D eigenvalue weighted by Crippen LogP contribution is 2.30.